The van der Waals surface area contributed by atoms with Crippen LogP contribution >= 0.6 is 0 Å². The minimum atomic E-state index is -0.363. The van der Waals surface area contributed by atoms with Gasteiger partial charge in [-0.25, -0.2) is 0 Å². The van der Waals surface area contributed by atoms with Crippen LogP contribution in [0.3, 0.4) is 0 Å². The zero-order chi connectivity index (χ0) is 66.8. The summed E-state index contributed by atoms with van der Waals surface area (Å²) in [6.07, 6.45) is 0. The lowest BCUT2D eigenvalue weighted by Gasteiger charge is -2.46. The number of nitrogens with zero attached hydrogens (tertiary/aromatic N) is 4. The van der Waals surface area contributed by atoms with Crippen molar-refractivity contribution in [1.29, 1.82) is 0 Å². The van der Waals surface area contributed by atoms with Crippen LogP contribution in [0.25, 0.3) is 143 Å². The van der Waals surface area contributed by atoms with Gasteiger partial charge in [0, 0.05) is 111 Å². The summed E-state index contributed by atoms with van der Waals surface area (Å²) < 4.78 is 19.2. The fourth-order valence-electron chi connectivity index (χ4n) is 17.2. The quantitative estimate of drug-likeness (QED) is 0.142. The van der Waals surface area contributed by atoms with Crippen LogP contribution in [0.4, 0.5) is 34.1 Å². The maximum Gasteiger partial charge on any atom is 0.252 e. The van der Waals surface area contributed by atoms with Gasteiger partial charge in [0.15, 0.2) is 0 Å². The number of furan rings is 2. The van der Waals surface area contributed by atoms with Gasteiger partial charge < -0.3 is 27.8 Å². The molecule has 0 bridgehead atoms. The molecule has 0 aliphatic carbocycles. The van der Waals surface area contributed by atoms with Gasteiger partial charge in [-0.2, -0.15) is 0 Å². The zero-order valence-corrected chi connectivity index (χ0v) is 55.9. The molecular formula is C94H63BN4O2. The number of benzene rings is 15. The summed E-state index contributed by atoms with van der Waals surface area (Å²) in [7, 11) is 0. The predicted molar refractivity (Wildman–Crippen MR) is 424 cm³/mol. The molecule has 2 aliphatic heterocycles. The third-order valence-corrected chi connectivity index (χ3v) is 21.7. The molecule has 0 saturated heterocycles. The Morgan fingerprint density at radius 1 is 0.277 bits per heavy atom. The minimum Gasteiger partial charge on any atom is -0.455 e. The van der Waals surface area contributed by atoms with Gasteiger partial charge >= 0.3 is 0 Å². The van der Waals surface area contributed by atoms with Gasteiger partial charge in [-0.05, 0) is 111 Å². The Balaban J connectivity index is 0.939. The number of para-hydroxylation sites is 10. The normalized spacial score (nSPS) is 12.8. The third kappa shape index (κ3) is 8.47. The van der Waals surface area contributed by atoms with E-state index in [0.29, 0.717) is 0 Å². The second-order valence-electron chi connectivity index (χ2n) is 28.2. The lowest BCUT2D eigenvalue weighted by Crippen LogP contribution is -2.61. The topological polar surface area (TPSA) is 42.6 Å². The van der Waals surface area contributed by atoms with Crippen molar-refractivity contribution in [2.75, 3.05) is 9.80 Å². The van der Waals surface area contributed by atoms with Gasteiger partial charge in [0.05, 0.1) is 33.4 Å². The molecule has 0 fully saturated rings. The van der Waals surface area contributed by atoms with E-state index in [1.54, 1.807) is 0 Å². The molecule has 101 heavy (non-hydrogen) atoms. The summed E-state index contributed by atoms with van der Waals surface area (Å²) >= 11 is 0. The molecule has 6 heterocycles. The van der Waals surface area contributed by atoms with Crippen LogP contribution in [0, 0.1) is 0 Å². The third-order valence-electron chi connectivity index (χ3n) is 21.7. The van der Waals surface area contributed by atoms with E-state index in [2.05, 4.69) is 367 Å². The van der Waals surface area contributed by atoms with Gasteiger partial charge in [-0.3, -0.25) is 0 Å². The molecule has 7 heteroatoms. The maximum atomic E-state index is 7.13. The lowest BCUT2D eigenvalue weighted by molar-refractivity contribution is 0.590. The van der Waals surface area contributed by atoms with E-state index in [1.807, 2.05) is 0 Å². The van der Waals surface area contributed by atoms with Crippen molar-refractivity contribution >= 4 is 145 Å². The molecule has 0 unspecified atom stereocenters. The molecule has 0 radical (unpaired) electrons. The predicted octanol–water partition coefficient (Wildman–Crippen LogP) is 23.7. The van der Waals surface area contributed by atoms with E-state index in [1.165, 1.54) is 43.5 Å². The van der Waals surface area contributed by atoms with Crippen molar-refractivity contribution in [3.63, 3.8) is 0 Å². The number of aromatic nitrogens is 2. The first-order chi connectivity index (χ1) is 49.8. The highest BCUT2D eigenvalue weighted by Crippen LogP contribution is 2.56. The monoisotopic (exact) mass is 1290 g/mol. The van der Waals surface area contributed by atoms with Gasteiger partial charge in [-0.15, -0.1) is 0 Å². The number of rotatable bonds is 8. The number of hydrogen-bond acceptors (Lipinski definition) is 4. The molecule has 6 nitrogen and oxygen atoms in total. The van der Waals surface area contributed by atoms with E-state index in [4.69, 9.17) is 8.83 Å². The highest BCUT2D eigenvalue weighted by Gasteiger charge is 2.46. The average molecular weight is 1290 g/mol. The van der Waals surface area contributed by atoms with Gasteiger partial charge in [0.2, 0.25) is 0 Å². The van der Waals surface area contributed by atoms with Gasteiger partial charge in [0.1, 0.15) is 22.3 Å². The Bertz CT molecular complexity index is 6170. The molecule has 2 aliphatic rings. The first-order valence-corrected chi connectivity index (χ1v) is 35.0. The molecule has 0 saturated carbocycles. The molecule has 0 atom stereocenters. The summed E-state index contributed by atoms with van der Waals surface area (Å²) in [5, 5.41) is 9.18. The molecule has 0 N–H and O–H groups in total. The molecule has 15 aromatic carbocycles. The van der Waals surface area contributed by atoms with Crippen LogP contribution in [0.1, 0.15) is 26.3 Å². The molecule has 474 valence electrons. The summed E-state index contributed by atoms with van der Waals surface area (Å²) in [5.74, 6) is 0. The lowest BCUT2D eigenvalue weighted by atomic mass is 9.33. The summed E-state index contributed by atoms with van der Waals surface area (Å²) in [4.78, 5) is 5.34. The Morgan fingerprint density at radius 3 is 1.02 bits per heavy atom. The summed E-state index contributed by atoms with van der Waals surface area (Å²) in [5.41, 5.74) is 29.6. The van der Waals surface area contributed by atoms with Crippen molar-refractivity contribution in [2.24, 2.45) is 0 Å². The first-order valence-electron chi connectivity index (χ1n) is 35.0. The van der Waals surface area contributed by atoms with E-state index in [9.17, 15) is 0 Å². The highest BCUT2D eigenvalue weighted by atomic mass is 16.3. The largest absolute Gasteiger partial charge is 0.455 e. The number of fused-ring (bicyclic) bond motifs is 16. The molecule has 0 amide bonds. The van der Waals surface area contributed by atoms with Crippen molar-refractivity contribution < 1.29 is 8.83 Å². The molecule has 0 spiro atoms. The second kappa shape index (κ2) is 21.8. The van der Waals surface area contributed by atoms with Crippen LogP contribution in [-0.4, -0.2) is 15.8 Å². The van der Waals surface area contributed by atoms with Crippen molar-refractivity contribution in [3.05, 3.63) is 333 Å². The number of hydrogen-bond donors (Lipinski definition) is 0. The molecule has 19 aromatic rings. The fourth-order valence-corrected chi connectivity index (χ4v) is 17.2. The van der Waals surface area contributed by atoms with Crippen LogP contribution < -0.4 is 26.2 Å². The van der Waals surface area contributed by atoms with Crippen molar-refractivity contribution in [1.82, 2.24) is 9.13 Å². The van der Waals surface area contributed by atoms with Gasteiger partial charge in [-0.1, -0.05) is 276 Å². The van der Waals surface area contributed by atoms with Crippen LogP contribution in [0.2, 0.25) is 0 Å². The van der Waals surface area contributed by atoms with Crippen molar-refractivity contribution in [2.45, 2.75) is 26.2 Å². The highest BCUT2D eigenvalue weighted by molar-refractivity contribution is 7.00. The molecule has 21 rings (SSSR count). The summed E-state index contributed by atoms with van der Waals surface area (Å²) in [6.45, 7) is 6.85. The maximum absolute atomic E-state index is 7.13. The van der Waals surface area contributed by atoms with Crippen LogP contribution in [0.15, 0.2) is 336 Å². The Labute approximate surface area is 584 Å². The van der Waals surface area contributed by atoms with E-state index >= 15 is 0 Å². The smallest absolute Gasteiger partial charge is 0.252 e. The van der Waals surface area contributed by atoms with Crippen LogP contribution in [0.5, 0.6) is 0 Å². The standard InChI is InChI=1S/C94H63BN4O2/c1-94(2,3)60-54-85-89-86(55-60)99(91-64(59-28-8-5-9-29-59)37-23-39-72(91)76-43-25-41-74-70-35-15-21-49-88(70)101-93(74)76)84-57-62(97-81-46-18-12-32-67(81)68-33-13-19-47-82(68)97)51-53-78(84)95(89)77-52-50-61(96-79-44-16-10-30-65(79)66-31-11-17-45-80(66)96)56-83(77)98(85)90-63(58-26-6-4-7-27-58)36-22-38-71(90)75-42-24-40-73-69-34-14-20-48-87(69)100-92(73)75/h4-57H,1-3H3. The SMILES string of the molecule is CC(C)(C)c1cc2c3c(c1)N(c1c(-c4ccccc4)cccc1-c1cccc4c1oc1ccccc14)c1cc(-n4c5ccccc5c5ccccc54)ccc1B3c1ccc(-n3c4ccccc4c4ccccc43)cc1N2c1c(-c2ccccc2)cccc1-c1cccc2c1oc1ccccc12. The van der Waals surface area contributed by atoms with E-state index in [-0.39, 0.29) is 12.1 Å². The minimum absolute atomic E-state index is 0.275. The Morgan fingerprint density at radius 2 is 0.614 bits per heavy atom. The molecule has 4 aromatic heterocycles. The second-order valence-corrected chi connectivity index (χ2v) is 28.2. The fraction of sp³-hybridized carbons (Fsp3) is 0.0426. The average Bonchev–Trinajstić information content (AvgIpc) is 1.40. The first kappa shape index (κ1) is 57.3. The Hall–Kier alpha value is -12.8. The Kier molecular flexibility index (Phi) is 12.4. The number of anilines is 6. The van der Waals surface area contributed by atoms with E-state index in [0.717, 1.165) is 156 Å². The molecular weight excluding hydrogens is 1230 g/mol. The van der Waals surface area contributed by atoms with Crippen LogP contribution in [-0.2, 0) is 5.41 Å². The van der Waals surface area contributed by atoms with Crippen molar-refractivity contribution in [3.8, 4) is 55.9 Å². The van der Waals surface area contributed by atoms with E-state index < -0.39 is 0 Å². The zero-order valence-electron chi connectivity index (χ0n) is 55.9. The van der Waals surface area contributed by atoms with Gasteiger partial charge in [0.25, 0.3) is 6.71 Å². The summed E-state index contributed by atoms with van der Waals surface area (Å²) in [6, 6.07) is 121.